The van der Waals surface area contributed by atoms with Gasteiger partial charge in [-0.05, 0) is 103 Å². The van der Waals surface area contributed by atoms with Gasteiger partial charge in [0.1, 0.15) is 0 Å². The molecule has 0 saturated heterocycles. The van der Waals surface area contributed by atoms with E-state index in [9.17, 15) is 0 Å². The van der Waals surface area contributed by atoms with Gasteiger partial charge in [-0.1, -0.05) is 0 Å². The smallest absolute Gasteiger partial charge is 0.0312 e. The Bertz CT molecular complexity index is 75.1. The maximum Gasteiger partial charge on any atom is 1.00 e. The molecule has 0 N–H and O–H groups in total. The zero-order valence-corrected chi connectivity index (χ0v) is 16.0. The third-order valence-electron chi connectivity index (χ3n) is 1.78. The fourth-order valence-electron chi connectivity index (χ4n) is 1.03. The zero-order valence-electron chi connectivity index (χ0n) is 10.6. The van der Waals surface area contributed by atoms with E-state index < -0.39 is 0 Å². The second-order valence-electron chi connectivity index (χ2n) is 3.08. The van der Waals surface area contributed by atoms with Crippen molar-refractivity contribution in [1.29, 1.82) is 0 Å². The van der Waals surface area contributed by atoms with E-state index in [0.717, 1.165) is 0 Å². The molecule has 0 unspecified atom stereocenters. The Morgan fingerprint density at radius 1 is 0.222 bits per heavy atom. The standard InChI is InChI=1S/2C8H8.Gd.K/c2*1-2-4-6-8-7-5-3-1;;/h2*1-8H;;/q;;;+1. The Kier molecular flexibility index (Phi) is 25.8. The quantitative estimate of drug-likeness (QED) is 0.509. The van der Waals surface area contributed by atoms with Crippen molar-refractivity contribution < 1.29 is 91.3 Å². The fourth-order valence-corrected chi connectivity index (χ4v) is 1.03. The van der Waals surface area contributed by atoms with Crippen LogP contribution in [0.4, 0.5) is 0 Å². The molecule has 18 heavy (non-hydrogen) atoms. The number of hydrogen-bond donors (Lipinski definition) is 0. The van der Waals surface area contributed by atoms with Gasteiger partial charge >= 0.3 is 51.4 Å². The first-order valence-electron chi connectivity index (χ1n) is 5.33. The SMILES string of the molecule is [CH]1[CH][CH][CH][CH][CH][CH][CH]1.[CH]1[CH][CH][CH][CH][CH][CH][CH]1.[Gd].[K+]. The van der Waals surface area contributed by atoms with Gasteiger partial charge in [0.15, 0.2) is 0 Å². The van der Waals surface area contributed by atoms with Crippen LogP contribution in [0.1, 0.15) is 0 Å². The largest absolute Gasteiger partial charge is 1.00 e. The third kappa shape index (κ3) is 17.0. The van der Waals surface area contributed by atoms with Crippen LogP contribution in [0, 0.1) is 143 Å². The predicted molar refractivity (Wildman–Crippen MR) is 68.8 cm³/mol. The zero-order chi connectivity index (χ0) is 11.3. The van der Waals surface area contributed by atoms with Gasteiger partial charge in [0.25, 0.3) is 0 Å². The van der Waals surface area contributed by atoms with Crippen molar-refractivity contribution in [2.75, 3.05) is 0 Å². The van der Waals surface area contributed by atoms with Gasteiger partial charge in [-0.3, -0.25) is 0 Å². The van der Waals surface area contributed by atoms with Gasteiger partial charge in [0, 0.05) is 39.9 Å². The van der Waals surface area contributed by atoms with E-state index in [4.69, 9.17) is 0 Å². The summed E-state index contributed by atoms with van der Waals surface area (Å²) in [6.45, 7) is 0. The molecule has 88 valence electrons. The van der Waals surface area contributed by atoms with Crippen molar-refractivity contribution in [2.45, 2.75) is 0 Å². The topological polar surface area (TPSA) is 0 Å². The average Bonchev–Trinajstić information content (AvgIpc) is 2.15. The van der Waals surface area contributed by atoms with E-state index in [2.05, 4.69) is 0 Å². The molecule has 16 radical (unpaired) electrons. The number of hydrogen-bond acceptors (Lipinski definition) is 0. The van der Waals surface area contributed by atoms with Gasteiger partial charge in [-0.15, -0.1) is 0 Å². The summed E-state index contributed by atoms with van der Waals surface area (Å²) in [6.07, 6.45) is 32.0. The molecule has 0 bridgehead atoms. The van der Waals surface area contributed by atoms with Gasteiger partial charge in [0.2, 0.25) is 0 Å². The van der Waals surface area contributed by atoms with Gasteiger partial charge in [0.05, 0.1) is 0 Å². The fraction of sp³-hybridized carbons (Fsp3) is 0. The first-order valence-corrected chi connectivity index (χ1v) is 5.33. The van der Waals surface area contributed by atoms with Crippen LogP contribution in [0.2, 0.25) is 0 Å². The molecule has 0 aliphatic heterocycles. The molecule has 2 aliphatic rings. The molecular formula is C16H16GdK+. The van der Waals surface area contributed by atoms with Crippen LogP contribution in [0.5, 0.6) is 0 Å². The predicted octanol–water partition coefficient (Wildman–Crippen LogP) is 0.273. The van der Waals surface area contributed by atoms with E-state index in [0.29, 0.717) is 0 Å². The molecule has 0 atom stereocenters. The Balaban J connectivity index is 0. The van der Waals surface area contributed by atoms with E-state index in [1.807, 2.05) is 103 Å². The number of rotatable bonds is 0. The first-order chi connectivity index (χ1) is 8.00. The summed E-state index contributed by atoms with van der Waals surface area (Å²) in [7, 11) is 0. The maximum atomic E-state index is 2.00. The second kappa shape index (κ2) is 20.0. The molecule has 2 fully saturated rings. The summed E-state index contributed by atoms with van der Waals surface area (Å²) in [6, 6.07) is 0. The molecule has 2 heteroatoms. The van der Waals surface area contributed by atoms with E-state index in [-0.39, 0.29) is 91.3 Å². The molecule has 0 heterocycles. The molecular weight excluding hydrogens is 389 g/mol. The van der Waals surface area contributed by atoms with Crippen molar-refractivity contribution in [1.82, 2.24) is 0 Å². The summed E-state index contributed by atoms with van der Waals surface area (Å²) in [4.78, 5) is 0. The molecule has 2 rings (SSSR count). The Morgan fingerprint density at radius 3 is 0.333 bits per heavy atom. The molecule has 0 nitrogen and oxygen atoms in total. The van der Waals surface area contributed by atoms with Crippen molar-refractivity contribution in [3.8, 4) is 0 Å². The molecule has 0 aromatic heterocycles. The summed E-state index contributed by atoms with van der Waals surface area (Å²) < 4.78 is 0. The van der Waals surface area contributed by atoms with Crippen LogP contribution >= 0.6 is 0 Å². The molecule has 0 amide bonds. The van der Waals surface area contributed by atoms with Crippen LogP contribution < -0.4 is 51.4 Å². The summed E-state index contributed by atoms with van der Waals surface area (Å²) in [5.74, 6) is 0. The van der Waals surface area contributed by atoms with Crippen LogP contribution in [0.3, 0.4) is 0 Å². The molecule has 0 aromatic carbocycles. The Hall–Kier alpha value is 2.96. The van der Waals surface area contributed by atoms with Crippen LogP contribution in [-0.4, -0.2) is 0 Å². The maximum absolute atomic E-state index is 2.00. The van der Waals surface area contributed by atoms with E-state index in [1.54, 1.807) is 0 Å². The van der Waals surface area contributed by atoms with Crippen molar-refractivity contribution >= 4 is 0 Å². The van der Waals surface area contributed by atoms with Gasteiger partial charge in [-0.25, -0.2) is 0 Å². The van der Waals surface area contributed by atoms with E-state index in [1.165, 1.54) is 0 Å². The minimum absolute atomic E-state index is 0. The van der Waals surface area contributed by atoms with Gasteiger partial charge in [-0.2, -0.15) is 0 Å². The average molecular weight is 405 g/mol. The summed E-state index contributed by atoms with van der Waals surface area (Å²) in [5, 5.41) is 0. The molecule has 0 aromatic rings. The second-order valence-corrected chi connectivity index (χ2v) is 3.08. The first kappa shape index (κ1) is 23.2. The monoisotopic (exact) mass is 405 g/mol. The van der Waals surface area contributed by atoms with Crippen LogP contribution in [0.15, 0.2) is 0 Å². The minimum atomic E-state index is 0. The van der Waals surface area contributed by atoms with E-state index >= 15 is 0 Å². The third-order valence-corrected chi connectivity index (χ3v) is 1.78. The van der Waals surface area contributed by atoms with Crippen molar-refractivity contribution in [3.05, 3.63) is 103 Å². The minimum Gasteiger partial charge on any atom is -0.0312 e. The Morgan fingerprint density at radius 2 is 0.278 bits per heavy atom. The summed E-state index contributed by atoms with van der Waals surface area (Å²) in [5.41, 5.74) is 0. The Labute approximate surface area is 190 Å². The van der Waals surface area contributed by atoms with Crippen molar-refractivity contribution in [2.24, 2.45) is 0 Å². The summed E-state index contributed by atoms with van der Waals surface area (Å²) >= 11 is 0. The molecule has 0 spiro atoms. The van der Waals surface area contributed by atoms with Gasteiger partial charge < -0.3 is 0 Å². The van der Waals surface area contributed by atoms with Crippen molar-refractivity contribution in [3.63, 3.8) is 0 Å². The molecule has 2 saturated carbocycles. The van der Waals surface area contributed by atoms with Crippen LogP contribution in [-0.2, 0) is 0 Å². The van der Waals surface area contributed by atoms with Crippen LogP contribution in [0.25, 0.3) is 0 Å². The normalized spacial score (nSPS) is 21.3. The molecule has 2 aliphatic carbocycles.